The number of aryl methyl sites for hydroxylation is 1. The maximum Gasteiger partial charge on any atom is 0.311 e. The summed E-state index contributed by atoms with van der Waals surface area (Å²) in [6.07, 6.45) is 2.85. The number of nitrogens with zero attached hydrogens (tertiary/aromatic N) is 3. The molecule has 0 spiro atoms. The molecule has 3 N–H and O–H groups in total. The van der Waals surface area contributed by atoms with E-state index in [0.717, 1.165) is 6.42 Å². The summed E-state index contributed by atoms with van der Waals surface area (Å²) in [5, 5.41) is 24.0. The number of benzene rings is 1. The Hall–Kier alpha value is -3.23. The van der Waals surface area contributed by atoms with Crippen molar-refractivity contribution >= 4 is 17.9 Å². The van der Waals surface area contributed by atoms with Crippen molar-refractivity contribution in [3.63, 3.8) is 0 Å². The first-order valence-electron chi connectivity index (χ1n) is 6.86. The average molecular weight is 317 g/mol. The van der Waals surface area contributed by atoms with E-state index in [1.807, 2.05) is 6.92 Å². The number of anilines is 1. The van der Waals surface area contributed by atoms with Gasteiger partial charge in [-0.3, -0.25) is 19.9 Å². The first-order chi connectivity index (χ1) is 11.0. The smallest absolute Gasteiger partial charge is 0.311 e. The highest BCUT2D eigenvalue weighted by atomic mass is 16.6. The van der Waals surface area contributed by atoms with Crippen LogP contribution in [0.5, 0.6) is 5.75 Å². The molecule has 1 aromatic heterocycles. The largest absolute Gasteiger partial charge is 0.502 e. The van der Waals surface area contributed by atoms with Gasteiger partial charge in [-0.1, -0.05) is 13.3 Å². The second kappa shape index (κ2) is 7.16. The van der Waals surface area contributed by atoms with Gasteiger partial charge in [0.05, 0.1) is 11.1 Å². The molecule has 0 amide bonds. The van der Waals surface area contributed by atoms with Crippen LogP contribution in [-0.2, 0) is 6.42 Å². The summed E-state index contributed by atoms with van der Waals surface area (Å²) in [6.45, 7) is 1.98. The van der Waals surface area contributed by atoms with Crippen molar-refractivity contribution in [1.82, 2.24) is 9.97 Å². The molecule has 9 heteroatoms. The minimum Gasteiger partial charge on any atom is -0.502 e. The fourth-order valence-electron chi connectivity index (χ4n) is 1.88. The summed E-state index contributed by atoms with van der Waals surface area (Å²) in [5.41, 5.74) is 2.92. The zero-order valence-corrected chi connectivity index (χ0v) is 12.3. The molecule has 0 unspecified atom stereocenters. The minimum absolute atomic E-state index is 0.186. The predicted molar refractivity (Wildman–Crippen MR) is 84.8 cm³/mol. The van der Waals surface area contributed by atoms with Crippen LogP contribution in [0, 0.1) is 10.1 Å². The summed E-state index contributed by atoms with van der Waals surface area (Å²) in [4.78, 5) is 28.2. The Kier molecular flexibility index (Phi) is 5.03. The van der Waals surface area contributed by atoms with Gasteiger partial charge in [0.2, 0.25) is 5.95 Å². The van der Waals surface area contributed by atoms with Gasteiger partial charge in [-0.15, -0.1) is 0 Å². The van der Waals surface area contributed by atoms with Gasteiger partial charge in [-0.2, -0.15) is 5.10 Å². The Balaban J connectivity index is 2.14. The summed E-state index contributed by atoms with van der Waals surface area (Å²) < 4.78 is 0. The average Bonchev–Trinajstić information content (AvgIpc) is 2.48. The molecule has 0 fully saturated rings. The van der Waals surface area contributed by atoms with Crippen LogP contribution in [0.4, 0.5) is 11.6 Å². The van der Waals surface area contributed by atoms with Crippen LogP contribution >= 0.6 is 0 Å². The molecule has 23 heavy (non-hydrogen) atoms. The fraction of sp³-hybridized carbons (Fsp3) is 0.214. The topological polar surface area (TPSA) is 134 Å². The molecule has 0 aliphatic heterocycles. The number of rotatable bonds is 6. The molecule has 0 radical (unpaired) electrons. The summed E-state index contributed by atoms with van der Waals surface area (Å²) in [6, 6.07) is 5.28. The summed E-state index contributed by atoms with van der Waals surface area (Å²) in [5.74, 6) is -0.233. The van der Waals surface area contributed by atoms with Crippen LogP contribution in [0.3, 0.4) is 0 Å². The van der Waals surface area contributed by atoms with Gasteiger partial charge >= 0.3 is 5.69 Å². The molecule has 1 aromatic carbocycles. The van der Waals surface area contributed by atoms with Crippen molar-refractivity contribution < 1.29 is 10.0 Å². The van der Waals surface area contributed by atoms with Crippen molar-refractivity contribution in [1.29, 1.82) is 0 Å². The Morgan fingerprint density at radius 2 is 2.26 bits per heavy atom. The zero-order chi connectivity index (χ0) is 16.8. The third kappa shape index (κ3) is 4.37. The van der Waals surface area contributed by atoms with Crippen LogP contribution in [-0.4, -0.2) is 26.2 Å². The highest BCUT2D eigenvalue weighted by molar-refractivity contribution is 5.81. The Bertz CT molecular complexity index is 800. The molecule has 0 aliphatic carbocycles. The number of aromatic amines is 1. The third-order valence-electron chi connectivity index (χ3n) is 2.88. The van der Waals surface area contributed by atoms with Crippen molar-refractivity contribution in [3.05, 3.63) is 56.0 Å². The monoisotopic (exact) mass is 317 g/mol. The van der Waals surface area contributed by atoms with E-state index in [1.54, 1.807) is 0 Å². The quantitative estimate of drug-likeness (QED) is 0.422. The lowest BCUT2D eigenvalue weighted by molar-refractivity contribution is -0.385. The lowest BCUT2D eigenvalue weighted by atomic mass is 10.2. The van der Waals surface area contributed by atoms with Gasteiger partial charge in [0, 0.05) is 23.4 Å². The molecule has 0 saturated carbocycles. The number of phenolic OH excluding ortho intramolecular Hbond substituents is 1. The summed E-state index contributed by atoms with van der Waals surface area (Å²) in [7, 11) is 0. The second-order valence-corrected chi connectivity index (χ2v) is 4.71. The Morgan fingerprint density at radius 3 is 2.96 bits per heavy atom. The highest BCUT2D eigenvalue weighted by Gasteiger charge is 2.12. The number of aromatic hydroxyl groups is 1. The number of hydrogen-bond acceptors (Lipinski definition) is 7. The molecule has 0 saturated heterocycles. The number of nitro groups is 1. The number of H-pyrrole nitrogens is 1. The van der Waals surface area contributed by atoms with E-state index in [9.17, 15) is 20.0 Å². The molecule has 0 atom stereocenters. The zero-order valence-electron chi connectivity index (χ0n) is 12.3. The molecular formula is C14H15N5O4. The van der Waals surface area contributed by atoms with E-state index in [-0.39, 0.29) is 11.5 Å². The van der Waals surface area contributed by atoms with Gasteiger partial charge in [0.15, 0.2) is 5.75 Å². The maximum absolute atomic E-state index is 11.5. The first kappa shape index (κ1) is 16.1. The molecule has 0 bridgehead atoms. The molecule has 2 aromatic rings. The van der Waals surface area contributed by atoms with E-state index < -0.39 is 16.4 Å². The number of hydrogen-bond donors (Lipinski definition) is 3. The predicted octanol–water partition coefficient (Wildman–Crippen LogP) is 1.78. The third-order valence-corrected chi connectivity index (χ3v) is 2.88. The van der Waals surface area contributed by atoms with Crippen LogP contribution < -0.4 is 11.0 Å². The van der Waals surface area contributed by atoms with E-state index in [4.69, 9.17) is 0 Å². The lowest BCUT2D eigenvalue weighted by Gasteiger charge is -2.02. The maximum atomic E-state index is 11.5. The van der Waals surface area contributed by atoms with Gasteiger partial charge in [0.1, 0.15) is 0 Å². The number of hydrazone groups is 1. The van der Waals surface area contributed by atoms with Crippen LogP contribution in [0.1, 0.15) is 24.6 Å². The van der Waals surface area contributed by atoms with E-state index in [2.05, 4.69) is 20.5 Å². The second-order valence-electron chi connectivity index (χ2n) is 4.71. The molecule has 1 heterocycles. The normalized spacial score (nSPS) is 10.8. The van der Waals surface area contributed by atoms with Crippen LogP contribution in [0.15, 0.2) is 34.2 Å². The minimum atomic E-state index is -0.687. The SMILES string of the molecule is CCCc1cc(=O)[nH]c(NN=Cc2ccc(O)c([N+](=O)[O-])c2)n1. The number of aromatic nitrogens is 2. The first-order valence-corrected chi connectivity index (χ1v) is 6.86. The number of phenols is 1. The van der Waals surface area contributed by atoms with Crippen molar-refractivity contribution in [2.24, 2.45) is 5.10 Å². The van der Waals surface area contributed by atoms with Crippen molar-refractivity contribution in [3.8, 4) is 5.75 Å². The molecule has 0 aliphatic rings. The summed E-state index contributed by atoms with van der Waals surface area (Å²) >= 11 is 0. The number of nitrogens with one attached hydrogen (secondary N) is 2. The van der Waals surface area contributed by atoms with E-state index >= 15 is 0 Å². The highest BCUT2D eigenvalue weighted by Crippen LogP contribution is 2.25. The van der Waals surface area contributed by atoms with Crippen LogP contribution in [0.25, 0.3) is 0 Å². The number of nitro benzene ring substituents is 1. The van der Waals surface area contributed by atoms with Gasteiger partial charge in [-0.25, -0.2) is 10.4 Å². The molecule has 120 valence electrons. The lowest BCUT2D eigenvalue weighted by Crippen LogP contribution is -2.11. The molecule has 2 rings (SSSR count). The van der Waals surface area contributed by atoms with E-state index in [1.165, 1.54) is 30.5 Å². The van der Waals surface area contributed by atoms with Gasteiger partial charge < -0.3 is 5.11 Å². The fourth-order valence-corrected chi connectivity index (χ4v) is 1.88. The Labute approximate surface area is 130 Å². The van der Waals surface area contributed by atoms with Crippen LogP contribution in [0.2, 0.25) is 0 Å². The van der Waals surface area contributed by atoms with Crippen molar-refractivity contribution in [2.75, 3.05) is 5.43 Å². The van der Waals surface area contributed by atoms with Crippen molar-refractivity contribution in [2.45, 2.75) is 19.8 Å². The van der Waals surface area contributed by atoms with E-state index in [0.29, 0.717) is 17.7 Å². The van der Waals surface area contributed by atoms with Gasteiger partial charge in [-0.05, 0) is 18.6 Å². The molecule has 9 nitrogen and oxygen atoms in total. The standard InChI is InChI=1S/C14H15N5O4/c1-2-3-10-7-13(21)17-14(16-10)18-15-8-9-4-5-12(20)11(6-9)19(22)23/h4-8,20H,2-3H2,1H3,(H2,16,17,18,21). The van der Waals surface area contributed by atoms with Gasteiger partial charge in [0.25, 0.3) is 5.56 Å². The molecular weight excluding hydrogens is 302 g/mol. The Morgan fingerprint density at radius 1 is 1.48 bits per heavy atom.